The van der Waals surface area contributed by atoms with Gasteiger partial charge in [0.15, 0.2) is 5.82 Å². The van der Waals surface area contributed by atoms with Gasteiger partial charge in [0.05, 0.1) is 0 Å². The molecular weight excluding hydrogens is 118 g/mol. The van der Waals surface area contributed by atoms with Gasteiger partial charge < -0.3 is 11.5 Å². The molecule has 0 aliphatic rings. The summed E-state index contributed by atoms with van der Waals surface area (Å²) in [7, 11) is 0. The lowest BCUT2D eigenvalue weighted by Gasteiger charge is -1.99. The van der Waals surface area contributed by atoms with Gasteiger partial charge in [-0.1, -0.05) is 0 Å². The van der Waals surface area contributed by atoms with E-state index >= 15 is 0 Å². The lowest BCUT2D eigenvalue weighted by molar-refractivity contribution is 0.696. The Hall–Kier alpha value is -1.07. The molecular formula is C4H7N5. The molecule has 0 aliphatic carbocycles. The first-order chi connectivity index (χ1) is 4.30. The van der Waals surface area contributed by atoms with Crippen molar-refractivity contribution in [3.8, 4) is 0 Å². The second-order valence-corrected chi connectivity index (χ2v) is 1.52. The van der Waals surface area contributed by atoms with E-state index in [0.29, 0.717) is 5.82 Å². The molecule has 4 N–H and O–H groups in total. The van der Waals surface area contributed by atoms with Crippen molar-refractivity contribution < 1.29 is 0 Å². The molecule has 0 saturated heterocycles. The Balaban J connectivity index is 2.85. The van der Waals surface area contributed by atoms with E-state index in [2.05, 4.69) is 15.0 Å². The number of nitrogens with two attached hydrogens (primary N) is 2. The van der Waals surface area contributed by atoms with Crippen LogP contribution in [-0.4, -0.2) is 15.0 Å². The monoisotopic (exact) mass is 125 g/mol. The summed E-state index contributed by atoms with van der Waals surface area (Å²) in [4.78, 5) is 11.0. The number of rotatable bonds is 1. The third kappa shape index (κ3) is 1.41. The van der Waals surface area contributed by atoms with Gasteiger partial charge in [-0.3, -0.25) is 0 Å². The molecule has 0 atom stereocenters. The van der Waals surface area contributed by atoms with Crippen molar-refractivity contribution in [2.45, 2.75) is 6.17 Å². The molecule has 1 aromatic heterocycles. The van der Waals surface area contributed by atoms with Crippen LogP contribution in [0.25, 0.3) is 0 Å². The van der Waals surface area contributed by atoms with Gasteiger partial charge in [0.2, 0.25) is 0 Å². The molecule has 0 bridgehead atoms. The Morgan fingerprint density at radius 2 is 1.78 bits per heavy atom. The van der Waals surface area contributed by atoms with Crippen LogP contribution in [0.15, 0.2) is 12.7 Å². The van der Waals surface area contributed by atoms with Crippen LogP contribution in [-0.2, 0) is 0 Å². The fourth-order valence-electron chi connectivity index (χ4n) is 0.420. The predicted octanol–water partition coefficient (Wildman–Crippen LogP) is -1.21. The molecule has 1 aromatic rings. The minimum atomic E-state index is -0.604. The summed E-state index contributed by atoms with van der Waals surface area (Å²) < 4.78 is 0. The summed E-state index contributed by atoms with van der Waals surface area (Å²) in [6.07, 6.45) is 2.11. The molecule has 5 nitrogen and oxygen atoms in total. The van der Waals surface area contributed by atoms with E-state index in [1.54, 1.807) is 0 Å². The van der Waals surface area contributed by atoms with Gasteiger partial charge in [-0.05, 0) is 0 Å². The molecule has 0 spiro atoms. The lowest BCUT2D eigenvalue weighted by atomic mass is 10.5. The smallest absolute Gasteiger partial charge is 0.162 e. The second kappa shape index (κ2) is 2.47. The van der Waals surface area contributed by atoms with Crippen LogP contribution in [0.1, 0.15) is 12.0 Å². The Morgan fingerprint density at radius 3 is 2.11 bits per heavy atom. The zero-order chi connectivity index (χ0) is 6.69. The molecule has 48 valence electrons. The SMILES string of the molecule is NC(N)c1ncncn1. The summed E-state index contributed by atoms with van der Waals surface area (Å²) in [6, 6.07) is 0. The van der Waals surface area contributed by atoms with Crippen molar-refractivity contribution in [2.24, 2.45) is 11.5 Å². The highest BCUT2D eigenvalue weighted by molar-refractivity contribution is 4.85. The zero-order valence-electron chi connectivity index (χ0n) is 4.73. The zero-order valence-corrected chi connectivity index (χ0v) is 4.73. The van der Waals surface area contributed by atoms with Crippen LogP contribution in [0.3, 0.4) is 0 Å². The Morgan fingerprint density at radius 1 is 1.22 bits per heavy atom. The van der Waals surface area contributed by atoms with E-state index in [-0.39, 0.29) is 0 Å². The van der Waals surface area contributed by atoms with Crippen LogP contribution < -0.4 is 11.5 Å². The van der Waals surface area contributed by atoms with Gasteiger partial charge >= 0.3 is 0 Å². The van der Waals surface area contributed by atoms with Crippen molar-refractivity contribution in [3.63, 3.8) is 0 Å². The van der Waals surface area contributed by atoms with Crippen LogP contribution in [0.4, 0.5) is 0 Å². The highest BCUT2D eigenvalue weighted by atomic mass is 15.0. The molecule has 0 aliphatic heterocycles. The van der Waals surface area contributed by atoms with Gasteiger partial charge in [0.25, 0.3) is 0 Å². The summed E-state index contributed by atoms with van der Waals surface area (Å²) in [5.41, 5.74) is 10.5. The molecule has 0 saturated carbocycles. The van der Waals surface area contributed by atoms with E-state index in [1.165, 1.54) is 12.7 Å². The van der Waals surface area contributed by atoms with E-state index in [4.69, 9.17) is 11.5 Å². The van der Waals surface area contributed by atoms with Crippen molar-refractivity contribution in [1.29, 1.82) is 0 Å². The first-order valence-electron chi connectivity index (χ1n) is 2.44. The van der Waals surface area contributed by atoms with E-state index in [9.17, 15) is 0 Å². The van der Waals surface area contributed by atoms with Crippen molar-refractivity contribution in [3.05, 3.63) is 18.5 Å². The average molecular weight is 125 g/mol. The molecule has 5 heteroatoms. The molecule has 1 rings (SSSR count). The standard InChI is InChI=1S/C4H7N5/c5-3(6)4-8-1-7-2-9-4/h1-3H,5-6H2. The van der Waals surface area contributed by atoms with Crippen LogP contribution in [0, 0.1) is 0 Å². The van der Waals surface area contributed by atoms with E-state index < -0.39 is 6.17 Å². The highest BCUT2D eigenvalue weighted by Gasteiger charge is 1.98. The maximum absolute atomic E-state index is 5.24. The fourth-order valence-corrected chi connectivity index (χ4v) is 0.420. The Kier molecular flexibility index (Phi) is 1.66. The molecule has 9 heavy (non-hydrogen) atoms. The Bertz CT molecular complexity index is 172. The average Bonchev–Trinajstić information content (AvgIpc) is 1.90. The predicted molar refractivity (Wildman–Crippen MR) is 30.9 cm³/mol. The topological polar surface area (TPSA) is 90.7 Å². The van der Waals surface area contributed by atoms with Crippen molar-refractivity contribution in [1.82, 2.24) is 15.0 Å². The molecule has 0 unspecified atom stereocenters. The number of hydrogen-bond acceptors (Lipinski definition) is 5. The van der Waals surface area contributed by atoms with Gasteiger partial charge in [-0.2, -0.15) is 0 Å². The lowest BCUT2D eigenvalue weighted by Crippen LogP contribution is -2.22. The van der Waals surface area contributed by atoms with Crippen LogP contribution in [0.2, 0.25) is 0 Å². The minimum absolute atomic E-state index is 0.407. The fraction of sp³-hybridized carbons (Fsp3) is 0.250. The van der Waals surface area contributed by atoms with Gasteiger partial charge in [-0.25, -0.2) is 15.0 Å². The van der Waals surface area contributed by atoms with Crippen molar-refractivity contribution in [2.75, 3.05) is 0 Å². The number of nitrogens with zero attached hydrogens (tertiary/aromatic N) is 3. The largest absolute Gasteiger partial charge is 0.310 e. The molecule has 0 fully saturated rings. The maximum Gasteiger partial charge on any atom is 0.162 e. The summed E-state index contributed by atoms with van der Waals surface area (Å²) >= 11 is 0. The maximum atomic E-state index is 5.24. The van der Waals surface area contributed by atoms with Crippen molar-refractivity contribution >= 4 is 0 Å². The van der Waals surface area contributed by atoms with E-state index in [0.717, 1.165) is 0 Å². The third-order valence-corrected chi connectivity index (χ3v) is 0.811. The summed E-state index contributed by atoms with van der Waals surface area (Å²) in [5, 5.41) is 0. The number of aromatic nitrogens is 3. The molecule has 1 heterocycles. The Labute approximate surface area is 52.1 Å². The van der Waals surface area contributed by atoms with Gasteiger partial charge in [-0.15, -0.1) is 0 Å². The molecule has 0 aromatic carbocycles. The minimum Gasteiger partial charge on any atom is -0.310 e. The van der Waals surface area contributed by atoms with Gasteiger partial charge in [0, 0.05) is 0 Å². The number of hydrogen-bond donors (Lipinski definition) is 2. The van der Waals surface area contributed by atoms with Crippen LogP contribution >= 0.6 is 0 Å². The van der Waals surface area contributed by atoms with E-state index in [1.807, 2.05) is 0 Å². The summed E-state index contributed by atoms with van der Waals surface area (Å²) in [5.74, 6) is 0.407. The molecule has 0 amide bonds. The first kappa shape index (κ1) is 6.06. The summed E-state index contributed by atoms with van der Waals surface area (Å²) in [6.45, 7) is 0. The normalized spacial score (nSPS) is 10.1. The highest BCUT2D eigenvalue weighted by Crippen LogP contribution is 1.89. The van der Waals surface area contributed by atoms with Gasteiger partial charge in [0.1, 0.15) is 18.8 Å². The second-order valence-electron chi connectivity index (χ2n) is 1.52. The third-order valence-electron chi connectivity index (χ3n) is 0.811. The quantitative estimate of drug-likeness (QED) is 0.459. The van der Waals surface area contributed by atoms with Crippen LogP contribution in [0.5, 0.6) is 0 Å². The first-order valence-corrected chi connectivity index (χ1v) is 2.44. The molecule has 0 radical (unpaired) electrons.